The number of rotatable bonds is 4. The van der Waals surface area contributed by atoms with Crippen molar-refractivity contribution < 1.29 is 4.79 Å². The Morgan fingerprint density at radius 3 is 3.21 bits per heavy atom. The molecule has 1 fully saturated rings. The summed E-state index contributed by atoms with van der Waals surface area (Å²) in [5.41, 5.74) is 0. The van der Waals surface area contributed by atoms with Gasteiger partial charge in [0.15, 0.2) is 0 Å². The van der Waals surface area contributed by atoms with E-state index in [0.29, 0.717) is 6.42 Å². The van der Waals surface area contributed by atoms with Gasteiger partial charge in [-0.25, -0.2) is 9.97 Å². The molecule has 1 aliphatic heterocycles. The summed E-state index contributed by atoms with van der Waals surface area (Å²) in [7, 11) is 0. The largest absolute Gasteiger partial charge is 0.365 e. The number of carbonyl (C=O) groups excluding carboxylic acids is 1. The molecule has 0 radical (unpaired) electrons. The first-order chi connectivity index (χ1) is 9.24. The third-order valence-corrected chi connectivity index (χ3v) is 4.13. The van der Waals surface area contributed by atoms with Gasteiger partial charge in [-0.05, 0) is 24.8 Å². The maximum absolute atomic E-state index is 11.6. The van der Waals surface area contributed by atoms with Crippen LogP contribution in [0, 0.1) is 0 Å². The second-order valence-electron chi connectivity index (χ2n) is 4.85. The highest BCUT2D eigenvalue weighted by atomic mass is 32.1. The van der Waals surface area contributed by atoms with Gasteiger partial charge in [0.25, 0.3) is 0 Å². The van der Waals surface area contributed by atoms with Gasteiger partial charge in [-0.1, -0.05) is 0 Å². The Balaban J connectivity index is 1.70. The van der Waals surface area contributed by atoms with Crippen LogP contribution in [0.4, 0.5) is 5.82 Å². The minimum Gasteiger partial charge on any atom is -0.365 e. The van der Waals surface area contributed by atoms with Crippen molar-refractivity contribution in [3.63, 3.8) is 0 Å². The van der Waals surface area contributed by atoms with Crippen molar-refractivity contribution >= 4 is 33.3 Å². The second kappa shape index (κ2) is 5.13. The predicted molar refractivity (Wildman–Crippen MR) is 76.3 cm³/mol. The molecule has 0 aliphatic carbocycles. The number of carbonyl (C=O) groups is 1. The zero-order valence-corrected chi connectivity index (χ0v) is 11.6. The van der Waals surface area contributed by atoms with Gasteiger partial charge in [0.05, 0.1) is 5.39 Å². The van der Waals surface area contributed by atoms with Crippen molar-refractivity contribution in [3.05, 3.63) is 17.8 Å². The van der Waals surface area contributed by atoms with Gasteiger partial charge >= 0.3 is 0 Å². The molecule has 1 saturated heterocycles. The van der Waals surface area contributed by atoms with Gasteiger partial charge < -0.3 is 10.2 Å². The first kappa shape index (κ1) is 12.3. The molecule has 1 aliphatic rings. The molecule has 0 bridgehead atoms. The molecule has 1 atom stereocenters. The van der Waals surface area contributed by atoms with Crippen LogP contribution < -0.4 is 5.32 Å². The lowest BCUT2D eigenvalue weighted by Gasteiger charge is -2.22. The third kappa shape index (κ3) is 2.53. The van der Waals surface area contributed by atoms with Crippen LogP contribution in [-0.2, 0) is 4.79 Å². The fourth-order valence-electron chi connectivity index (χ4n) is 2.41. The first-order valence-electron chi connectivity index (χ1n) is 6.46. The van der Waals surface area contributed by atoms with Crippen LogP contribution in [0.5, 0.6) is 0 Å². The molecule has 3 heterocycles. The molecule has 0 unspecified atom stereocenters. The molecule has 3 rings (SSSR count). The topological polar surface area (TPSA) is 58.1 Å². The van der Waals surface area contributed by atoms with E-state index in [1.54, 1.807) is 17.7 Å². The number of aromatic nitrogens is 2. The molecule has 19 heavy (non-hydrogen) atoms. The molecule has 0 aromatic carbocycles. The lowest BCUT2D eigenvalue weighted by Crippen LogP contribution is -2.35. The Morgan fingerprint density at radius 2 is 2.42 bits per heavy atom. The Labute approximate surface area is 115 Å². The van der Waals surface area contributed by atoms with Crippen LogP contribution in [0.2, 0.25) is 0 Å². The van der Waals surface area contributed by atoms with E-state index >= 15 is 0 Å². The van der Waals surface area contributed by atoms with Crippen LogP contribution in [0.3, 0.4) is 0 Å². The van der Waals surface area contributed by atoms with Crippen LogP contribution in [-0.4, -0.2) is 39.9 Å². The highest BCUT2D eigenvalue weighted by Gasteiger charge is 2.22. The quantitative estimate of drug-likeness (QED) is 0.929. The number of amides is 1. The average molecular weight is 276 g/mol. The minimum atomic E-state index is 0.181. The summed E-state index contributed by atoms with van der Waals surface area (Å²) < 4.78 is 0. The maximum Gasteiger partial charge on any atom is 0.222 e. The zero-order valence-electron chi connectivity index (χ0n) is 10.8. The molecule has 1 amide bonds. The van der Waals surface area contributed by atoms with Crippen molar-refractivity contribution in [2.45, 2.75) is 25.8 Å². The molecule has 1 N–H and O–H groups in total. The van der Waals surface area contributed by atoms with Gasteiger partial charge in [-0.2, -0.15) is 0 Å². The van der Waals surface area contributed by atoms with Crippen molar-refractivity contribution in [1.82, 2.24) is 14.9 Å². The molecule has 2 aromatic rings. The van der Waals surface area contributed by atoms with E-state index in [1.165, 1.54) is 0 Å². The van der Waals surface area contributed by atoms with E-state index < -0.39 is 0 Å². The van der Waals surface area contributed by atoms with Gasteiger partial charge in [-0.3, -0.25) is 4.79 Å². The molecule has 6 heteroatoms. The highest BCUT2D eigenvalue weighted by molar-refractivity contribution is 7.16. The summed E-state index contributed by atoms with van der Waals surface area (Å²) in [6.07, 6.45) is 3.25. The standard InChI is InChI=1S/C13H16N4OS/c1-9(7-17-5-2-3-11(17)18)16-12-10-4-6-19-13(10)15-8-14-12/h4,6,8-9H,2-3,5,7H2,1H3,(H,14,15,16)/t9-/m0/s1. The van der Waals surface area contributed by atoms with Crippen molar-refractivity contribution in [2.24, 2.45) is 0 Å². The van der Waals surface area contributed by atoms with E-state index in [-0.39, 0.29) is 11.9 Å². The van der Waals surface area contributed by atoms with Gasteiger partial charge in [-0.15, -0.1) is 11.3 Å². The molecule has 0 spiro atoms. The Morgan fingerprint density at radius 1 is 1.53 bits per heavy atom. The summed E-state index contributed by atoms with van der Waals surface area (Å²) in [6, 6.07) is 2.20. The number of hydrogen-bond donors (Lipinski definition) is 1. The number of hydrogen-bond acceptors (Lipinski definition) is 5. The Hall–Kier alpha value is -1.69. The summed E-state index contributed by atoms with van der Waals surface area (Å²) in [5, 5.41) is 6.44. The highest BCUT2D eigenvalue weighted by Crippen LogP contribution is 2.24. The number of nitrogens with zero attached hydrogens (tertiary/aromatic N) is 3. The normalized spacial score (nSPS) is 17.1. The van der Waals surface area contributed by atoms with E-state index in [2.05, 4.69) is 22.2 Å². The van der Waals surface area contributed by atoms with Gasteiger partial charge in [0.1, 0.15) is 17.0 Å². The van der Waals surface area contributed by atoms with E-state index in [1.807, 2.05) is 16.3 Å². The van der Waals surface area contributed by atoms with Crippen LogP contribution in [0.1, 0.15) is 19.8 Å². The number of fused-ring (bicyclic) bond motifs is 1. The second-order valence-corrected chi connectivity index (χ2v) is 5.74. The molecular formula is C13H16N4OS. The molecule has 100 valence electrons. The summed E-state index contributed by atoms with van der Waals surface area (Å²) >= 11 is 1.61. The number of likely N-dealkylation sites (tertiary alicyclic amines) is 1. The summed E-state index contributed by atoms with van der Waals surface area (Å²) in [4.78, 5) is 23.0. The van der Waals surface area contributed by atoms with Crippen molar-refractivity contribution in [1.29, 1.82) is 0 Å². The van der Waals surface area contributed by atoms with Crippen LogP contribution in [0.25, 0.3) is 10.2 Å². The lowest BCUT2D eigenvalue weighted by atomic mass is 10.3. The number of anilines is 1. The van der Waals surface area contributed by atoms with E-state index in [9.17, 15) is 4.79 Å². The van der Waals surface area contributed by atoms with Crippen molar-refractivity contribution in [3.8, 4) is 0 Å². The SMILES string of the molecule is C[C@@H](CN1CCCC1=O)Nc1ncnc2sccc12. The first-order valence-corrected chi connectivity index (χ1v) is 7.34. The van der Waals surface area contributed by atoms with Crippen LogP contribution in [0.15, 0.2) is 17.8 Å². The summed E-state index contributed by atoms with van der Waals surface area (Å²) in [6.45, 7) is 3.68. The molecular weight excluding hydrogens is 260 g/mol. The number of nitrogens with one attached hydrogen (secondary N) is 1. The smallest absolute Gasteiger partial charge is 0.222 e. The Kier molecular flexibility index (Phi) is 3.33. The fraction of sp³-hybridized carbons (Fsp3) is 0.462. The summed E-state index contributed by atoms with van der Waals surface area (Å²) in [5.74, 6) is 1.11. The maximum atomic E-state index is 11.6. The molecule has 0 saturated carbocycles. The van der Waals surface area contributed by atoms with E-state index in [0.717, 1.165) is 35.5 Å². The number of thiophene rings is 1. The zero-order chi connectivity index (χ0) is 13.2. The Bertz CT molecular complexity index is 597. The molecule has 2 aromatic heterocycles. The minimum absolute atomic E-state index is 0.181. The monoisotopic (exact) mass is 276 g/mol. The fourth-order valence-corrected chi connectivity index (χ4v) is 3.14. The van der Waals surface area contributed by atoms with Gasteiger partial charge in [0, 0.05) is 25.6 Å². The lowest BCUT2D eigenvalue weighted by molar-refractivity contribution is -0.127. The van der Waals surface area contributed by atoms with E-state index in [4.69, 9.17) is 0 Å². The van der Waals surface area contributed by atoms with Gasteiger partial charge in [0.2, 0.25) is 5.91 Å². The predicted octanol–water partition coefficient (Wildman–Crippen LogP) is 2.11. The average Bonchev–Trinajstić information content (AvgIpc) is 3.00. The molecule has 5 nitrogen and oxygen atoms in total. The third-order valence-electron chi connectivity index (χ3n) is 3.31. The van der Waals surface area contributed by atoms with Crippen LogP contribution >= 0.6 is 11.3 Å². The van der Waals surface area contributed by atoms with Crippen molar-refractivity contribution in [2.75, 3.05) is 18.4 Å².